The molecule has 24 heavy (non-hydrogen) atoms. The van der Waals surface area contributed by atoms with Crippen molar-refractivity contribution in [2.75, 3.05) is 13.7 Å². The zero-order valence-electron chi connectivity index (χ0n) is 14.1. The van der Waals surface area contributed by atoms with Crippen LogP contribution in [-0.4, -0.2) is 31.6 Å². The fourth-order valence-electron chi connectivity index (χ4n) is 2.96. The van der Waals surface area contributed by atoms with Crippen LogP contribution in [-0.2, 0) is 20.7 Å². The zero-order chi connectivity index (χ0) is 17.5. The quantitative estimate of drug-likeness (QED) is 0.811. The molecular formula is C18H24FNO4. The van der Waals surface area contributed by atoms with E-state index < -0.39 is 11.8 Å². The maximum absolute atomic E-state index is 13.6. The number of halogens is 1. The van der Waals surface area contributed by atoms with Crippen molar-refractivity contribution in [3.8, 4) is 5.75 Å². The van der Waals surface area contributed by atoms with Gasteiger partial charge in [0.25, 0.3) is 5.91 Å². The summed E-state index contributed by atoms with van der Waals surface area (Å²) in [6, 6.07) is 4.42. The summed E-state index contributed by atoms with van der Waals surface area (Å²) >= 11 is 0. The number of carbonyl (C=O) groups excluding carboxylic acids is 2. The van der Waals surface area contributed by atoms with Crippen molar-refractivity contribution < 1.29 is 23.5 Å². The minimum Gasteiger partial charge on any atom is -0.494 e. The summed E-state index contributed by atoms with van der Waals surface area (Å²) in [7, 11) is 1.37. The van der Waals surface area contributed by atoms with E-state index in [-0.39, 0.29) is 30.7 Å². The van der Waals surface area contributed by atoms with Crippen LogP contribution in [0, 0.1) is 11.7 Å². The molecule has 1 amide bonds. The van der Waals surface area contributed by atoms with E-state index in [1.807, 2.05) is 0 Å². The van der Waals surface area contributed by atoms with Gasteiger partial charge in [-0.2, -0.15) is 0 Å². The van der Waals surface area contributed by atoms with Crippen LogP contribution in [0.5, 0.6) is 5.75 Å². The number of hydrogen-bond acceptors (Lipinski definition) is 4. The van der Waals surface area contributed by atoms with Gasteiger partial charge in [-0.25, -0.2) is 4.39 Å². The average Bonchev–Trinajstić information content (AvgIpc) is 2.55. The molecule has 0 unspecified atom stereocenters. The van der Waals surface area contributed by atoms with Crippen LogP contribution in [0.4, 0.5) is 4.39 Å². The molecule has 0 aliphatic heterocycles. The Morgan fingerprint density at radius 2 is 2.04 bits per heavy atom. The van der Waals surface area contributed by atoms with Crippen molar-refractivity contribution in [1.29, 1.82) is 0 Å². The van der Waals surface area contributed by atoms with E-state index in [1.165, 1.54) is 25.7 Å². The average molecular weight is 337 g/mol. The lowest BCUT2D eigenvalue weighted by Gasteiger charge is -2.29. The molecule has 132 valence electrons. The second-order valence-corrected chi connectivity index (χ2v) is 6.24. The third-order valence-corrected chi connectivity index (χ3v) is 4.39. The highest BCUT2D eigenvalue weighted by molar-refractivity contribution is 5.81. The molecule has 6 heteroatoms. The van der Waals surface area contributed by atoms with Gasteiger partial charge in [0, 0.05) is 6.04 Å². The summed E-state index contributed by atoms with van der Waals surface area (Å²) in [6.45, 7) is 1.81. The van der Waals surface area contributed by atoms with Crippen LogP contribution in [0.25, 0.3) is 0 Å². The fourth-order valence-corrected chi connectivity index (χ4v) is 2.96. The number of ether oxygens (including phenoxy) is 2. The highest BCUT2D eigenvalue weighted by Gasteiger charge is 2.23. The molecule has 1 saturated carbocycles. The van der Waals surface area contributed by atoms with Gasteiger partial charge in [-0.3, -0.25) is 9.59 Å². The standard InChI is InChI=1S/C18H24FNO4/c1-12-5-3-4-6-15(12)20-17(21)11-24-18(22)10-13-7-8-16(23-2)14(19)9-13/h7-9,12,15H,3-6,10-11H2,1-2H3,(H,20,21)/t12-,15+/m0/s1. The van der Waals surface area contributed by atoms with Crippen molar-refractivity contribution in [2.24, 2.45) is 5.92 Å². The maximum atomic E-state index is 13.6. The molecule has 0 spiro atoms. The normalized spacial score (nSPS) is 20.3. The second kappa shape index (κ2) is 8.66. The van der Waals surface area contributed by atoms with Crippen LogP contribution in [0.1, 0.15) is 38.2 Å². The first-order valence-electron chi connectivity index (χ1n) is 8.27. The molecular weight excluding hydrogens is 313 g/mol. The molecule has 2 atom stereocenters. The Hall–Kier alpha value is -2.11. The Balaban J connectivity index is 1.76. The molecule has 5 nitrogen and oxygen atoms in total. The SMILES string of the molecule is COc1ccc(CC(=O)OCC(=O)N[C@@H]2CCCC[C@@H]2C)cc1F. The molecule has 0 aromatic heterocycles. The van der Waals surface area contributed by atoms with E-state index >= 15 is 0 Å². The van der Waals surface area contributed by atoms with Crippen molar-refractivity contribution in [3.05, 3.63) is 29.6 Å². The Labute approximate surface area is 141 Å². The summed E-state index contributed by atoms with van der Waals surface area (Å²) in [5, 5.41) is 2.92. The Morgan fingerprint density at radius 3 is 2.71 bits per heavy atom. The number of esters is 1. The largest absolute Gasteiger partial charge is 0.494 e. The van der Waals surface area contributed by atoms with E-state index in [9.17, 15) is 14.0 Å². The molecule has 1 N–H and O–H groups in total. The lowest BCUT2D eigenvalue weighted by molar-refractivity contribution is -0.148. The van der Waals surface area contributed by atoms with E-state index in [2.05, 4.69) is 12.2 Å². The van der Waals surface area contributed by atoms with Crippen molar-refractivity contribution >= 4 is 11.9 Å². The summed E-state index contributed by atoms with van der Waals surface area (Å²) in [4.78, 5) is 23.7. The number of benzene rings is 1. The highest BCUT2D eigenvalue weighted by Crippen LogP contribution is 2.23. The summed E-state index contributed by atoms with van der Waals surface area (Å²) in [5.41, 5.74) is 0.472. The first kappa shape index (κ1) is 18.2. The van der Waals surface area contributed by atoms with Gasteiger partial charge in [0.05, 0.1) is 13.5 Å². The van der Waals surface area contributed by atoms with Crippen molar-refractivity contribution in [3.63, 3.8) is 0 Å². The molecule has 2 rings (SSSR count). The molecule has 0 saturated heterocycles. The number of nitrogens with one attached hydrogen (secondary N) is 1. The van der Waals surface area contributed by atoms with E-state index in [4.69, 9.17) is 9.47 Å². The van der Waals surface area contributed by atoms with Crippen molar-refractivity contribution in [2.45, 2.75) is 45.1 Å². The highest BCUT2D eigenvalue weighted by atomic mass is 19.1. The number of methoxy groups -OCH3 is 1. The van der Waals surface area contributed by atoms with Gasteiger partial charge in [0.15, 0.2) is 18.2 Å². The van der Waals surface area contributed by atoms with Crippen LogP contribution in [0.15, 0.2) is 18.2 Å². The summed E-state index contributed by atoms with van der Waals surface area (Å²) < 4.78 is 23.4. The van der Waals surface area contributed by atoms with Gasteiger partial charge < -0.3 is 14.8 Å². The number of rotatable bonds is 6. The molecule has 1 aliphatic rings. The lowest BCUT2D eigenvalue weighted by atomic mass is 9.86. The Kier molecular flexibility index (Phi) is 6.58. The van der Waals surface area contributed by atoms with Gasteiger partial charge >= 0.3 is 5.97 Å². The first-order valence-corrected chi connectivity index (χ1v) is 8.27. The molecule has 1 aromatic rings. The zero-order valence-corrected chi connectivity index (χ0v) is 14.1. The van der Waals surface area contributed by atoms with Crippen molar-refractivity contribution in [1.82, 2.24) is 5.32 Å². The van der Waals surface area contributed by atoms with Crippen LogP contribution in [0.3, 0.4) is 0 Å². The van der Waals surface area contributed by atoms with Gasteiger partial charge in [0.2, 0.25) is 0 Å². The predicted octanol–water partition coefficient (Wildman–Crippen LogP) is 2.61. The topological polar surface area (TPSA) is 64.6 Å². The van der Waals surface area contributed by atoms with Gasteiger partial charge in [-0.15, -0.1) is 0 Å². The number of amides is 1. The molecule has 0 radical (unpaired) electrons. The first-order chi connectivity index (χ1) is 11.5. The second-order valence-electron chi connectivity index (χ2n) is 6.24. The van der Waals surface area contributed by atoms with E-state index in [0.29, 0.717) is 11.5 Å². The summed E-state index contributed by atoms with van der Waals surface area (Å²) in [6.07, 6.45) is 4.28. The minimum absolute atomic E-state index is 0.0893. The Bertz CT molecular complexity index is 590. The molecule has 0 bridgehead atoms. The van der Waals surface area contributed by atoms with E-state index in [0.717, 1.165) is 19.3 Å². The third-order valence-electron chi connectivity index (χ3n) is 4.39. The van der Waals surface area contributed by atoms with Gasteiger partial charge in [0.1, 0.15) is 0 Å². The number of hydrogen-bond donors (Lipinski definition) is 1. The maximum Gasteiger partial charge on any atom is 0.310 e. The summed E-state index contributed by atoms with van der Waals surface area (Å²) in [5.74, 6) is -0.824. The van der Waals surface area contributed by atoms with Gasteiger partial charge in [-0.05, 0) is 36.5 Å². The van der Waals surface area contributed by atoms with Crippen LogP contribution < -0.4 is 10.1 Å². The minimum atomic E-state index is -0.564. The van der Waals surface area contributed by atoms with Crippen LogP contribution in [0.2, 0.25) is 0 Å². The lowest BCUT2D eigenvalue weighted by Crippen LogP contribution is -2.42. The number of carbonyl (C=O) groups is 2. The monoisotopic (exact) mass is 337 g/mol. The van der Waals surface area contributed by atoms with Gasteiger partial charge in [-0.1, -0.05) is 25.8 Å². The molecule has 0 heterocycles. The van der Waals surface area contributed by atoms with Crippen LogP contribution >= 0.6 is 0 Å². The smallest absolute Gasteiger partial charge is 0.310 e. The third kappa shape index (κ3) is 5.22. The molecule has 1 fully saturated rings. The fraction of sp³-hybridized carbons (Fsp3) is 0.556. The molecule has 1 aliphatic carbocycles. The Morgan fingerprint density at radius 1 is 1.29 bits per heavy atom. The van der Waals surface area contributed by atoms with E-state index in [1.54, 1.807) is 6.07 Å². The molecule has 1 aromatic carbocycles. The predicted molar refractivity (Wildman–Crippen MR) is 87.2 cm³/mol.